The van der Waals surface area contributed by atoms with Crippen molar-refractivity contribution in [1.82, 2.24) is 4.90 Å². The average Bonchev–Trinajstić information content (AvgIpc) is 3.25. The molecular weight excluding hydrogens is 346 g/mol. The minimum Gasteiger partial charge on any atom is -0.447 e. The topological polar surface area (TPSA) is 65.1 Å². The van der Waals surface area contributed by atoms with Crippen molar-refractivity contribution in [2.45, 2.75) is 44.4 Å². The Morgan fingerprint density at radius 2 is 2.04 bits per heavy atom. The molecule has 0 saturated carbocycles. The minimum atomic E-state index is -0.658. The molecule has 0 N–H and O–H groups in total. The monoisotopic (exact) mass is 373 g/mol. The fourth-order valence-electron chi connectivity index (χ4n) is 3.64. The second kappa shape index (κ2) is 8.67. The van der Waals surface area contributed by atoms with Gasteiger partial charge in [-0.3, -0.25) is 4.79 Å². The van der Waals surface area contributed by atoms with Crippen LogP contribution in [-0.4, -0.2) is 48.5 Å². The Morgan fingerprint density at radius 1 is 1.33 bits per heavy atom. The fourth-order valence-corrected chi connectivity index (χ4v) is 3.64. The molecule has 2 amide bonds. The van der Waals surface area contributed by atoms with E-state index in [1.54, 1.807) is 6.08 Å². The first kappa shape index (κ1) is 19.6. The van der Waals surface area contributed by atoms with Crippen molar-refractivity contribution in [2.75, 3.05) is 19.8 Å². The quantitative estimate of drug-likeness (QED) is 0.654. The van der Waals surface area contributed by atoms with E-state index in [9.17, 15) is 9.59 Å². The highest BCUT2D eigenvalue weighted by molar-refractivity contribution is 5.94. The van der Waals surface area contributed by atoms with Gasteiger partial charge in [-0.15, -0.1) is 6.58 Å². The summed E-state index contributed by atoms with van der Waals surface area (Å²) >= 11 is 0. The first-order valence-corrected chi connectivity index (χ1v) is 9.45. The van der Waals surface area contributed by atoms with Crippen molar-refractivity contribution in [3.05, 3.63) is 48.6 Å². The molecule has 0 aliphatic carbocycles. The number of allylic oxidation sites excluding steroid dienone is 1. The van der Waals surface area contributed by atoms with Crippen LogP contribution in [0, 0.1) is 5.92 Å². The lowest BCUT2D eigenvalue weighted by Crippen LogP contribution is -2.44. The van der Waals surface area contributed by atoms with E-state index >= 15 is 0 Å². The van der Waals surface area contributed by atoms with Gasteiger partial charge in [0.05, 0.1) is 19.3 Å². The highest BCUT2D eigenvalue weighted by atomic mass is 16.7. The van der Waals surface area contributed by atoms with Crippen molar-refractivity contribution in [1.29, 1.82) is 0 Å². The molecule has 6 heteroatoms. The largest absolute Gasteiger partial charge is 0.447 e. The van der Waals surface area contributed by atoms with Crippen LogP contribution in [0.3, 0.4) is 0 Å². The molecule has 2 saturated heterocycles. The summed E-state index contributed by atoms with van der Waals surface area (Å²) in [5.74, 6) is -1.22. The molecule has 0 bridgehead atoms. The molecule has 0 aromatic heterocycles. The fraction of sp³-hybridized carbons (Fsp3) is 0.524. The Morgan fingerprint density at radius 3 is 2.70 bits per heavy atom. The minimum absolute atomic E-state index is 0.208. The summed E-state index contributed by atoms with van der Waals surface area (Å²) in [7, 11) is 0. The molecule has 6 nitrogen and oxygen atoms in total. The number of carbonyl (C=O) groups excluding carboxylic acids is 2. The van der Waals surface area contributed by atoms with Crippen LogP contribution in [0.1, 0.15) is 31.7 Å². The third-order valence-corrected chi connectivity index (χ3v) is 5.16. The van der Waals surface area contributed by atoms with Crippen LogP contribution in [0.2, 0.25) is 0 Å². The Balaban J connectivity index is 1.68. The molecule has 3 rings (SSSR count). The second-order valence-electron chi connectivity index (χ2n) is 7.22. The van der Waals surface area contributed by atoms with Gasteiger partial charge in [0.15, 0.2) is 5.79 Å². The molecule has 1 aromatic carbocycles. The first-order chi connectivity index (χ1) is 13.0. The number of carbonyl (C=O) groups is 2. The molecule has 146 valence electrons. The molecule has 2 unspecified atom stereocenters. The molecule has 2 aliphatic heterocycles. The number of benzene rings is 1. The highest BCUT2D eigenvalue weighted by Crippen LogP contribution is 2.29. The number of rotatable bonds is 8. The Bertz CT molecular complexity index is 668. The third-order valence-electron chi connectivity index (χ3n) is 5.16. The van der Waals surface area contributed by atoms with E-state index < -0.39 is 11.9 Å². The Labute approximate surface area is 160 Å². The lowest BCUT2D eigenvalue weighted by Gasteiger charge is -2.27. The molecule has 2 fully saturated rings. The number of hydrogen-bond acceptors (Lipinski definition) is 5. The van der Waals surface area contributed by atoms with Crippen LogP contribution in [0.4, 0.5) is 4.79 Å². The highest BCUT2D eigenvalue weighted by Gasteiger charge is 2.41. The Hall–Kier alpha value is -2.18. The molecule has 0 radical (unpaired) electrons. The predicted molar refractivity (Wildman–Crippen MR) is 100.0 cm³/mol. The van der Waals surface area contributed by atoms with Gasteiger partial charge in [-0.2, -0.15) is 0 Å². The zero-order valence-corrected chi connectivity index (χ0v) is 15.8. The van der Waals surface area contributed by atoms with Crippen LogP contribution in [0.5, 0.6) is 0 Å². The molecule has 2 aliphatic rings. The van der Waals surface area contributed by atoms with Crippen molar-refractivity contribution in [3.63, 3.8) is 0 Å². The van der Waals surface area contributed by atoms with Crippen LogP contribution in [0.15, 0.2) is 43.0 Å². The average molecular weight is 373 g/mol. The van der Waals surface area contributed by atoms with Gasteiger partial charge in [0, 0.05) is 12.3 Å². The number of amides is 2. The van der Waals surface area contributed by atoms with Gasteiger partial charge in [0.2, 0.25) is 5.91 Å². The molecule has 2 atom stereocenters. The van der Waals surface area contributed by atoms with E-state index in [0.717, 1.165) is 5.56 Å². The number of ether oxygens (including phenoxy) is 3. The summed E-state index contributed by atoms with van der Waals surface area (Å²) in [6, 6.07) is 9.53. The summed E-state index contributed by atoms with van der Waals surface area (Å²) in [6.45, 7) is 7.00. The van der Waals surface area contributed by atoms with E-state index in [-0.39, 0.29) is 24.5 Å². The maximum Gasteiger partial charge on any atom is 0.416 e. The SMILES string of the molecule is C=CCC(CCC1(C)OCCO1)C(=O)N1C(=O)OCC1Cc1ccccc1. The van der Waals surface area contributed by atoms with Gasteiger partial charge < -0.3 is 14.2 Å². The standard InChI is InChI=1S/C21H27NO5/c1-3-7-17(10-11-21(2)26-12-13-27-21)19(23)22-18(15-25-20(22)24)14-16-8-5-4-6-9-16/h3-6,8-9,17-18H,1,7,10-15H2,2H3. The van der Waals surface area contributed by atoms with Crippen LogP contribution in [0.25, 0.3) is 0 Å². The molecule has 0 spiro atoms. The van der Waals surface area contributed by atoms with Crippen LogP contribution in [-0.2, 0) is 25.4 Å². The van der Waals surface area contributed by atoms with Crippen molar-refractivity contribution in [2.24, 2.45) is 5.92 Å². The summed E-state index contributed by atoms with van der Waals surface area (Å²) in [5.41, 5.74) is 1.07. The number of hydrogen-bond donors (Lipinski definition) is 0. The molecule has 2 heterocycles. The van der Waals surface area contributed by atoms with Gasteiger partial charge >= 0.3 is 6.09 Å². The lowest BCUT2D eigenvalue weighted by atomic mass is 9.94. The van der Waals surface area contributed by atoms with E-state index in [4.69, 9.17) is 14.2 Å². The summed E-state index contributed by atoms with van der Waals surface area (Å²) in [5, 5.41) is 0. The summed E-state index contributed by atoms with van der Waals surface area (Å²) in [6.07, 6.45) is 3.39. The van der Waals surface area contributed by atoms with E-state index in [1.165, 1.54) is 4.90 Å². The van der Waals surface area contributed by atoms with Gasteiger partial charge in [-0.25, -0.2) is 9.69 Å². The van der Waals surface area contributed by atoms with Crippen molar-refractivity contribution >= 4 is 12.0 Å². The number of imide groups is 1. The number of cyclic esters (lactones) is 1. The smallest absolute Gasteiger partial charge is 0.416 e. The van der Waals surface area contributed by atoms with Crippen LogP contribution >= 0.6 is 0 Å². The molecule has 1 aromatic rings. The normalized spacial score (nSPS) is 22.5. The summed E-state index contributed by atoms with van der Waals surface area (Å²) in [4.78, 5) is 26.7. The van der Waals surface area contributed by atoms with E-state index in [0.29, 0.717) is 38.9 Å². The third kappa shape index (κ3) is 4.76. The van der Waals surface area contributed by atoms with Gasteiger partial charge in [-0.1, -0.05) is 36.4 Å². The number of nitrogens with zero attached hydrogens (tertiary/aromatic N) is 1. The Kier molecular flexibility index (Phi) is 6.29. The van der Waals surface area contributed by atoms with E-state index in [2.05, 4.69) is 6.58 Å². The van der Waals surface area contributed by atoms with Gasteiger partial charge in [0.25, 0.3) is 0 Å². The molecular formula is C21H27NO5. The zero-order valence-electron chi connectivity index (χ0n) is 15.8. The van der Waals surface area contributed by atoms with Crippen molar-refractivity contribution in [3.8, 4) is 0 Å². The predicted octanol–water partition coefficient (Wildman–Crippen LogP) is 3.31. The van der Waals surface area contributed by atoms with Crippen molar-refractivity contribution < 1.29 is 23.8 Å². The molecule has 27 heavy (non-hydrogen) atoms. The summed E-state index contributed by atoms with van der Waals surface area (Å²) < 4.78 is 16.5. The maximum atomic E-state index is 13.2. The van der Waals surface area contributed by atoms with Gasteiger partial charge in [-0.05, 0) is 31.7 Å². The first-order valence-electron chi connectivity index (χ1n) is 9.45. The second-order valence-corrected chi connectivity index (χ2v) is 7.22. The lowest BCUT2D eigenvalue weighted by molar-refractivity contribution is -0.152. The van der Waals surface area contributed by atoms with Crippen LogP contribution < -0.4 is 0 Å². The maximum absolute atomic E-state index is 13.2. The van der Waals surface area contributed by atoms with E-state index in [1.807, 2.05) is 37.3 Å². The zero-order chi connectivity index (χ0) is 19.3. The van der Waals surface area contributed by atoms with Gasteiger partial charge in [0.1, 0.15) is 6.61 Å².